The molecule has 1 saturated carbocycles. The Bertz CT molecular complexity index is 391. The Morgan fingerprint density at radius 1 is 1.37 bits per heavy atom. The van der Waals surface area contributed by atoms with Crippen molar-refractivity contribution in [3.05, 3.63) is 0 Å². The summed E-state index contributed by atoms with van der Waals surface area (Å²) in [5.74, 6) is 1.94. The van der Waals surface area contributed by atoms with Gasteiger partial charge >= 0.3 is 0 Å². The maximum Gasteiger partial charge on any atom is 0.231 e. The lowest BCUT2D eigenvalue weighted by atomic mass is 9.88. The van der Waals surface area contributed by atoms with E-state index in [4.69, 9.17) is 5.73 Å². The summed E-state index contributed by atoms with van der Waals surface area (Å²) in [7, 11) is 1.71. The van der Waals surface area contributed by atoms with Crippen LogP contribution >= 0.6 is 0 Å². The van der Waals surface area contributed by atoms with Crippen molar-refractivity contribution in [2.24, 2.45) is 22.6 Å². The van der Waals surface area contributed by atoms with E-state index in [2.05, 4.69) is 9.89 Å². The molecule has 106 valence electrons. The average Bonchev–Trinajstić information content (AvgIpc) is 3.19. The number of nitrogens with zero attached hydrogens (tertiary/aromatic N) is 3. The van der Waals surface area contributed by atoms with Crippen molar-refractivity contribution < 1.29 is 4.79 Å². The number of rotatable bonds is 3. The number of hydrogen-bond acceptors (Lipinski definition) is 4. The normalized spacial score (nSPS) is 33.4. The van der Waals surface area contributed by atoms with E-state index in [-0.39, 0.29) is 11.9 Å². The molecule has 1 saturated heterocycles. The molecule has 0 spiro atoms. The van der Waals surface area contributed by atoms with E-state index in [0.717, 1.165) is 12.5 Å². The first kappa shape index (κ1) is 12.9. The Balaban J connectivity index is 1.62. The fraction of sp³-hybridized carbons (Fsp3) is 0.857. The minimum atomic E-state index is 0.103. The molecule has 0 aromatic carbocycles. The highest BCUT2D eigenvalue weighted by Gasteiger charge is 2.34. The Kier molecular flexibility index (Phi) is 3.48. The predicted octanol–water partition coefficient (Wildman–Crippen LogP) is 0.654. The molecule has 3 rings (SSSR count). The lowest BCUT2D eigenvalue weighted by molar-refractivity contribution is -0.127. The van der Waals surface area contributed by atoms with E-state index in [1.54, 1.807) is 7.05 Å². The molecule has 2 N–H and O–H groups in total. The highest BCUT2D eigenvalue weighted by atomic mass is 16.2. The molecule has 1 aliphatic carbocycles. The van der Waals surface area contributed by atoms with Gasteiger partial charge in [0.1, 0.15) is 0 Å². The number of hydrogen-bond donors (Lipinski definition) is 1. The molecule has 2 atom stereocenters. The largest absolute Gasteiger partial charge is 0.369 e. The SMILES string of the molecule is CN1C(=O)CC(C2CCCN(CC3CC3)C2)N=C1N. The molecule has 0 aromatic heterocycles. The van der Waals surface area contributed by atoms with Crippen LogP contribution in [0.2, 0.25) is 0 Å². The lowest BCUT2D eigenvalue weighted by Gasteiger charge is -2.37. The van der Waals surface area contributed by atoms with Gasteiger partial charge in [-0.1, -0.05) is 0 Å². The van der Waals surface area contributed by atoms with Crippen molar-refractivity contribution >= 4 is 11.9 Å². The number of piperidine rings is 1. The van der Waals surface area contributed by atoms with Crippen LogP contribution in [0.4, 0.5) is 0 Å². The molecular formula is C14H24N4O. The first-order valence-electron chi connectivity index (χ1n) is 7.45. The average molecular weight is 264 g/mol. The summed E-state index contributed by atoms with van der Waals surface area (Å²) in [6, 6.07) is 0.103. The molecule has 19 heavy (non-hydrogen) atoms. The topological polar surface area (TPSA) is 61.9 Å². The molecule has 2 unspecified atom stereocenters. The van der Waals surface area contributed by atoms with Crippen LogP contribution in [0, 0.1) is 11.8 Å². The Morgan fingerprint density at radius 3 is 2.84 bits per heavy atom. The minimum Gasteiger partial charge on any atom is -0.369 e. The van der Waals surface area contributed by atoms with Crippen molar-refractivity contribution in [2.45, 2.75) is 38.1 Å². The molecule has 0 aromatic rings. The number of aliphatic imine (C=N–C) groups is 1. The summed E-state index contributed by atoms with van der Waals surface area (Å²) in [6.45, 7) is 3.55. The molecule has 0 bridgehead atoms. The smallest absolute Gasteiger partial charge is 0.231 e. The molecule has 2 fully saturated rings. The molecule has 2 heterocycles. The molecule has 5 heteroatoms. The zero-order valence-electron chi connectivity index (χ0n) is 11.7. The Labute approximate surface area is 114 Å². The van der Waals surface area contributed by atoms with Crippen molar-refractivity contribution in [1.82, 2.24) is 9.80 Å². The molecule has 3 aliphatic rings. The van der Waals surface area contributed by atoms with Gasteiger partial charge in [0.05, 0.1) is 12.5 Å². The zero-order chi connectivity index (χ0) is 13.4. The number of carbonyl (C=O) groups is 1. The van der Waals surface area contributed by atoms with Gasteiger partial charge in [-0.15, -0.1) is 0 Å². The Hall–Kier alpha value is -1.10. The third-order valence-electron chi connectivity index (χ3n) is 4.70. The number of carbonyl (C=O) groups excluding carboxylic acids is 1. The fourth-order valence-corrected chi connectivity index (χ4v) is 3.25. The first-order chi connectivity index (χ1) is 9.13. The van der Waals surface area contributed by atoms with E-state index in [0.29, 0.717) is 18.3 Å². The van der Waals surface area contributed by atoms with Crippen LogP contribution in [0.25, 0.3) is 0 Å². The lowest BCUT2D eigenvalue weighted by Crippen LogP contribution is -2.49. The zero-order valence-corrected chi connectivity index (χ0v) is 11.7. The van der Waals surface area contributed by atoms with Crippen LogP contribution in [0.5, 0.6) is 0 Å². The molecule has 1 amide bonds. The van der Waals surface area contributed by atoms with E-state index in [1.165, 1.54) is 43.7 Å². The van der Waals surface area contributed by atoms with Crippen LogP contribution in [0.1, 0.15) is 32.1 Å². The van der Waals surface area contributed by atoms with E-state index < -0.39 is 0 Å². The van der Waals surface area contributed by atoms with Crippen LogP contribution in [-0.2, 0) is 4.79 Å². The van der Waals surface area contributed by atoms with Gasteiger partial charge in [-0.2, -0.15) is 0 Å². The van der Waals surface area contributed by atoms with E-state index in [1.807, 2.05) is 0 Å². The van der Waals surface area contributed by atoms with Gasteiger partial charge < -0.3 is 10.6 Å². The summed E-state index contributed by atoms with van der Waals surface area (Å²) >= 11 is 0. The highest BCUT2D eigenvalue weighted by Crippen LogP contribution is 2.32. The number of amides is 1. The third kappa shape index (κ3) is 2.91. The van der Waals surface area contributed by atoms with Crippen LogP contribution in [-0.4, -0.2) is 54.4 Å². The van der Waals surface area contributed by atoms with Crippen molar-refractivity contribution in [1.29, 1.82) is 0 Å². The van der Waals surface area contributed by atoms with Crippen LogP contribution in [0.15, 0.2) is 4.99 Å². The minimum absolute atomic E-state index is 0.103. The summed E-state index contributed by atoms with van der Waals surface area (Å²) < 4.78 is 0. The third-order valence-corrected chi connectivity index (χ3v) is 4.70. The maximum atomic E-state index is 11.9. The summed E-state index contributed by atoms with van der Waals surface area (Å²) in [5.41, 5.74) is 5.83. The Morgan fingerprint density at radius 2 is 2.16 bits per heavy atom. The van der Waals surface area contributed by atoms with Crippen molar-refractivity contribution in [2.75, 3.05) is 26.7 Å². The number of guanidine groups is 1. The van der Waals surface area contributed by atoms with E-state index >= 15 is 0 Å². The van der Waals surface area contributed by atoms with Crippen molar-refractivity contribution in [3.63, 3.8) is 0 Å². The van der Waals surface area contributed by atoms with Gasteiger partial charge in [0.25, 0.3) is 0 Å². The summed E-state index contributed by atoms with van der Waals surface area (Å²) in [6.07, 6.45) is 5.74. The second-order valence-corrected chi connectivity index (χ2v) is 6.32. The van der Waals surface area contributed by atoms with Gasteiger partial charge in [-0.3, -0.25) is 9.69 Å². The monoisotopic (exact) mass is 264 g/mol. The highest BCUT2D eigenvalue weighted by molar-refractivity contribution is 5.98. The molecule has 0 radical (unpaired) electrons. The van der Waals surface area contributed by atoms with Gasteiger partial charge in [0.15, 0.2) is 5.96 Å². The van der Waals surface area contributed by atoms with Crippen LogP contribution < -0.4 is 5.73 Å². The quantitative estimate of drug-likeness (QED) is 0.814. The van der Waals surface area contributed by atoms with Gasteiger partial charge in [-0.25, -0.2) is 4.99 Å². The van der Waals surface area contributed by atoms with Crippen LogP contribution in [0.3, 0.4) is 0 Å². The van der Waals surface area contributed by atoms with Gasteiger partial charge in [-0.05, 0) is 44.1 Å². The maximum absolute atomic E-state index is 11.9. The van der Waals surface area contributed by atoms with E-state index in [9.17, 15) is 4.79 Å². The van der Waals surface area contributed by atoms with Gasteiger partial charge in [0, 0.05) is 20.1 Å². The molecule has 5 nitrogen and oxygen atoms in total. The second kappa shape index (κ2) is 5.12. The number of likely N-dealkylation sites (tertiary alicyclic amines) is 1. The number of nitrogens with two attached hydrogens (primary N) is 1. The molecule has 2 aliphatic heterocycles. The second-order valence-electron chi connectivity index (χ2n) is 6.32. The van der Waals surface area contributed by atoms with Gasteiger partial charge in [0.2, 0.25) is 5.91 Å². The first-order valence-corrected chi connectivity index (χ1v) is 7.45. The summed E-state index contributed by atoms with van der Waals surface area (Å²) in [4.78, 5) is 20.5. The molecular weight excluding hydrogens is 240 g/mol. The standard InChI is InChI=1S/C14H24N4O/c1-17-13(19)7-12(16-14(17)15)11-3-2-6-18(9-11)8-10-4-5-10/h10-12H,2-9H2,1H3,(H2,15,16). The summed E-state index contributed by atoms with van der Waals surface area (Å²) in [5, 5.41) is 0. The predicted molar refractivity (Wildman–Crippen MR) is 74.7 cm³/mol. The fourth-order valence-electron chi connectivity index (χ4n) is 3.25. The van der Waals surface area contributed by atoms with Crippen molar-refractivity contribution in [3.8, 4) is 0 Å².